The molecule has 0 N–H and O–H groups in total. The smallest absolute Gasteiger partial charge is 0.338 e. The van der Waals surface area contributed by atoms with Crippen molar-refractivity contribution in [2.24, 2.45) is 4.99 Å². The van der Waals surface area contributed by atoms with Gasteiger partial charge < -0.3 is 9.47 Å². The van der Waals surface area contributed by atoms with Crippen LogP contribution in [0.2, 0.25) is 0 Å². The zero-order valence-corrected chi connectivity index (χ0v) is 28.0. The number of rotatable bonds is 9. The average Bonchev–Trinajstić information content (AvgIpc) is 3.39. The van der Waals surface area contributed by atoms with Crippen LogP contribution in [0.15, 0.2) is 115 Å². The Bertz CT molecular complexity index is 2220. The second-order valence-electron chi connectivity index (χ2n) is 9.94. The van der Waals surface area contributed by atoms with E-state index < -0.39 is 22.5 Å². The molecule has 6 rings (SSSR count). The first-order valence-electron chi connectivity index (χ1n) is 14.1. The second-order valence-corrected chi connectivity index (χ2v) is 12.9. The van der Waals surface area contributed by atoms with Crippen LogP contribution in [0, 0.1) is 10.1 Å². The molecule has 2 aromatic heterocycles. The molecule has 0 saturated heterocycles. The molecule has 3 heterocycles. The van der Waals surface area contributed by atoms with Gasteiger partial charge in [0.1, 0.15) is 11.8 Å². The summed E-state index contributed by atoms with van der Waals surface area (Å²) in [4.78, 5) is 53.4. The van der Waals surface area contributed by atoms with Crippen molar-refractivity contribution >= 4 is 62.5 Å². The van der Waals surface area contributed by atoms with Gasteiger partial charge in [0.15, 0.2) is 9.96 Å². The van der Waals surface area contributed by atoms with Gasteiger partial charge in [-0.3, -0.25) is 19.5 Å². The van der Waals surface area contributed by atoms with Crippen LogP contribution in [0.4, 0.5) is 5.69 Å². The van der Waals surface area contributed by atoms with E-state index in [1.807, 2.05) is 30.3 Å². The molecule has 5 aromatic rings. The van der Waals surface area contributed by atoms with Gasteiger partial charge in [-0.2, -0.15) is 0 Å². The third-order valence-corrected chi connectivity index (χ3v) is 9.52. The number of methoxy groups -OCH3 is 1. The first-order chi connectivity index (χ1) is 22.8. The van der Waals surface area contributed by atoms with Gasteiger partial charge in [-0.25, -0.2) is 19.8 Å². The number of hydrogen-bond acceptors (Lipinski definition) is 11. The lowest BCUT2D eigenvalue weighted by Crippen LogP contribution is -2.40. The highest BCUT2D eigenvalue weighted by atomic mass is 79.9. The molecule has 0 saturated carbocycles. The van der Waals surface area contributed by atoms with Crippen LogP contribution in [0.3, 0.4) is 0 Å². The van der Waals surface area contributed by atoms with Crippen molar-refractivity contribution < 1.29 is 19.2 Å². The molecule has 0 aliphatic carbocycles. The predicted octanol–water partition coefficient (Wildman–Crippen LogP) is 5.56. The highest BCUT2D eigenvalue weighted by molar-refractivity contribution is 9.10. The molecule has 1 aliphatic heterocycles. The minimum absolute atomic E-state index is 0.112. The van der Waals surface area contributed by atoms with Gasteiger partial charge in [0, 0.05) is 34.1 Å². The zero-order valence-electron chi connectivity index (χ0n) is 24.8. The molecular weight excluding hydrogens is 706 g/mol. The van der Waals surface area contributed by atoms with E-state index in [0.717, 1.165) is 23.1 Å². The number of aromatic nitrogens is 3. The number of nitro groups is 1. The molecule has 11 nitrogen and oxygen atoms in total. The Labute approximate surface area is 284 Å². The van der Waals surface area contributed by atoms with Gasteiger partial charge >= 0.3 is 5.97 Å². The van der Waals surface area contributed by atoms with Crippen LogP contribution in [-0.2, 0) is 9.53 Å². The molecular formula is C33H24BrN5O6S2. The number of thiazole rings is 1. The van der Waals surface area contributed by atoms with Gasteiger partial charge in [-0.05, 0) is 60.7 Å². The van der Waals surface area contributed by atoms with E-state index in [2.05, 4.69) is 25.9 Å². The minimum Gasteiger partial charge on any atom is -0.496 e. The monoisotopic (exact) mass is 729 g/mol. The van der Waals surface area contributed by atoms with Crippen molar-refractivity contribution in [3.63, 3.8) is 0 Å². The summed E-state index contributed by atoms with van der Waals surface area (Å²) >= 11 is 5.71. The highest BCUT2D eigenvalue weighted by Crippen LogP contribution is 2.40. The van der Waals surface area contributed by atoms with Crippen LogP contribution in [-0.4, -0.2) is 39.1 Å². The third-order valence-electron chi connectivity index (χ3n) is 7.08. The SMILES string of the molecule is CCOC(=O)C1=C(c2ccccc2)N=c2s/c(=C\c3ccc(Sc4ncccn4)c([N+](=O)[O-])c3)c(=O)n2[C@H]1c1cc(Br)ccc1OC. The van der Waals surface area contributed by atoms with Crippen molar-refractivity contribution in [2.45, 2.75) is 23.0 Å². The number of halogens is 1. The van der Waals surface area contributed by atoms with Crippen molar-refractivity contribution in [1.82, 2.24) is 14.5 Å². The molecule has 14 heteroatoms. The number of hydrogen-bond donors (Lipinski definition) is 0. The Hall–Kier alpha value is -4.92. The lowest BCUT2D eigenvalue weighted by molar-refractivity contribution is -0.387. The van der Waals surface area contributed by atoms with Crippen LogP contribution < -0.4 is 19.6 Å². The molecule has 0 amide bonds. The second kappa shape index (κ2) is 13.8. The van der Waals surface area contributed by atoms with Gasteiger partial charge in [0.05, 0.1) is 39.3 Å². The number of fused-ring (bicyclic) bond motifs is 1. The van der Waals surface area contributed by atoms with Crippen molar-refractivity contribution in [3.8, 4) is 5.75 Å². The Kier molecular flexibility index (Phi) is 9.43. The van der Waals surface area contributed by atoms with Crippen molar-refractivity contribution in [2.75, 3.05) is 13.7 Å². The van der Waals surface area contributed by atoms with Gasteiger partial charge in [-0.15, -0.1) is 0 Å². The van der Waals surface area contributed by atoms with E-state index in [0.29, 0.717) is 47.5 Å². The largest absolute Gasteiger partial charge is 0.496 e. The topological polar surface area (TPSA) is 139 Å². The predicted molar refractivity (Wildman–Crippen MR) is 181 cm³/mol. The van der Waals surface area contributed by atoms with E-state index in [1.54, 1.807) is 61.8 Å². The summed E-state index contributed by atoms with van der Waals surface area (Å²) in [5, 5.41) is 12.4. The summed E-state index contributed by atoms with van der Waals surface area (Å²) < 4.78 is 13.7. The fourth-order valence-corrected chi connectivity index (χ4v) is 7.27. The minimum atomic E-state index is -0.964. The van der Waals surface area contributed by atoms with E-state index in [-0.39, 0.29) is 22.4 Å². The Morgan fingerprint density at radius 1 is 1.11 bits per heavy atom. The third kappa shape index (κ3) is 6.52. The van der Waals surface area contributed by atoms with Crippen molar-refractivity contribution in [1.29, 1.82) is 0 Å². The first kappa shape index (κ1) is 32.0. The maximum absolute atomic E-state index is 14.3. The van der Waals surface area contributed by atoms with E-state index in [1.165, 1.54) is 17.7 Å². The molecule has 0 unspecified atom stereocenters. The van der Waals surface area contributed by atoms with Gasteiger partial charge in [0.2, 0.25) is 0 Å². The van der Waals surface area contributed by atoms with Crippen LogP contribution in [0.25, 0.3) is 11.8 Å². The number of ether oxygens (including phenoxy) is 2. The summed E-state index contributed by atoms with van der Waals surface area (Å²) in [6.07, 6.45) is 4.70. The molecule has 0 radical (unpaired) electrons. The molecule has 3 aromatic carbocycles. The van der Waals surface area contributed by atoms with Crippen LogP contribution in [0.1, 0.15) is 29.7 Å². The quantitative estimate of drug-likeness (QED) is 0.0827. The summed E-state index contributed by atoms with van der Waals surface area (Å²) in [5.74, 6) is -0.169. The van der Waals surface area contributed by atoms with Crippen molar-refractivity contribution in [3.05, 3.63) is 142 Å². The van der Waals surface area contributed by atoms with Crippen LogP contribution >= 0.6 is 39.0 Å². The lowest BCUT2D eigenvalue weighted by Gasteiger charge is -2.27. The summed E-state index contributed by atoms with van der Waals surface area (Å²) in [5.41, 5.74) is 1.59. The highest BCUT2D eigenvalue weighted by Gasteiger charge is 2.37. The Morgan fingerprint density at radius 2 is 1.87 bits per heavy atom. The number of nitro benzene ring substituents is 1. The Morgan fingerprint density at radius 3 is 2.57 bits per heavy atom. The molecule has 1 atom stereocenters. The number of esters is 1. The zero-order chi connectivity index (χ0) is 33.1. The molecule has 47 heavy (non-hydrogen) atoms. The van der Waals surface area contributed by atoms with Gasteiger partial charge in [0.25, 0.3) is 11.2 Å². The number of carbonyl (C=O) groups excluding carboxylic acids is 1. The Balaban J connectivity index is 1.58. The summed E-state index contributed by atoms with van der Waals surface area (Å²) in [7, 11) is 1.51. The number of nitrogens with zero attached hydrogens (tertiary/aromatic N) is 5. The van der Waals surface area contributed by atoms with Gasteiger partial charge in [-0.1, -0.05) is 63.7 Å². The standard InChI is InChI=1S/C33H24BrN5O6S2/c1-3-45-31(41)27-28(20-8-5-4-6-9-20)37-33-38(29(27)22-18-21(34)11-12-24(22)44-2)30(40)26(47-33)17-19-10-13-25(23(16-19)39(42)43)46-32-35-14-7-15-36-32/h4-18,29H,3H2,1-2H3/b26-17-/t29-/m0/s1. The summed E-state index contributed by atoms with van der Waals surface area (Å²) in [6, 6.07) is 19.9. The molecule has 0 fully saturated rings. The number of carbonyl (C=O) groups is 1. The average molecular weight is 731 g/mol. The maximum Gasteiger partial charge on any atom is 0.338 e. The lowest BCUT2D eigenvalue weighted by atomic mass is 9.92. The van der Waals surface area contributed by atoms with E-state index in [4.69, 9.17) is 14.5 Å². The van der Waals surface area contributed by atoms with E-state index in [9.17, 15) is 19.7 Å². The van der Waals surface area contributed by atoms with Crippen LogP contribution in [0.5, 0.6) is 5.75 Å². The molecule has 0 bridgehead atoms. The number of benzene rings is 3. The summed E-state index contributed by atoms with van der Waals surface area (Å²) in [6.45, 7) is 1.82. The molecule has 0 spiro atoms. The van der Waals surface area contributed by atoms with E-state index >= 15 is 0 Å². The molecule has 1 aliphatic rings. The first-order valence-corrected chi connectivity index (χ1v) is 16.6. The molecule has 236 valence electrons. The fourth-order valence-electron chi connectivity index (χ4n) is 5.09. The maximum atomic E-state index is 14.3. The normalized spacial score (nSPS) is 14.4. The fraction of sp³-hybridized carbons (Fsp3) is 0.121.